The number of benzene rings is 9. The standard InChI is InChI=1S/C59H44N2O/c60-54-35-29-53(30-36-54)59(62)61(55-37-31-47(32-38-55)45-25-21-43(22-26-45)41-57(49-13-5-1-6-14-49)50-15-7-2-8-16-50)56-39-33-48(34-40-56)46-27-23-44(24-28-46)42-58(51-17-9-3-10-18-51)52-19-11-4-12-20-52/h1-42H,60H2. The van der Waals surface area contributed by atoms with Crippen LogP contribution in [0, 0.1) is 0 Å². The summed E-state index contributed by atoms with van der Waals surface area (Å²) in [5.41, 5.74) is 22.3. The molecule has 0 saturated heterocycles. The number of hydrogen-bond acceptors (Lipinski definition) is 2. The Balaban J connectivity index is 0.979. The molecule has 0 unspecified atom stereocenters. The van der Waals surface area contributed by atoms with Gasteiger partial charge in [0.05, 0.1) is 0 Å². The molecule has 0 aliphatic heterocycles. The zero-order chi connectivity index (χ0) is 42.1. The van der Waals surface area contributed by atoms with E-state index < -0.39 is 0 Å². The van der Waals surface area contributed by atoms with Gasteiger partial charge in [-0.2, -0.15) is 0 Å². The van der Waals surface area contributed by atoms with Gasteiger partial charge in [-0.3, -0.25) is 9.69 Å². The van der Waals surface area contributed by atoms with E-state index in [4.69, 9.17) is 5.73 Å². The maximum atomic E-state index is 14.3. The van der Waals surface area contributed by atoms with Crippen molar-refractivity contribution in [3.63, 3.8) is 0 Å². The summed E-state index contributed by atoms with van der Waals surface area (Å²) in [5, 5.41) is 0. The average molecular weight is 797 g/mol. The molecule has 62 heavy (non-hydrogen) atoms. The number of nitrogens with zero attached hydrogens (tertiary/aromatic N) is 1. The average Bonchev–Trinajstić information content (AvgIpc) is 3.35. The molecular formula is C59H44N2O. The fourth-order valence-electron chi connectivity index (χ4n) is 7.76. The topological polar surface area (TPSA) is 46.3 Å². The first-order chi connectivity index (χ1) is 30.6. The maximum absolute atomic E-state index is 14.3. The van der Waals surface area contributed by atoms with Crippen molar-refractivity contribution in [1.29, 1.82) is 0 Å². The largest absolute Gasteiger partial charge is 0.399 e. The van der Waals surface area contributed by atoms with Gasteiger partial charge in [0, 0.05) is 22.6 Å². The summed E-state index contributed by atoms with van der Waals surface area (Å²) >= 11 is 0. The molecule has 3 heteroatoms. The monoisotopic (exact) mass is 796 g/mol. The number of anilines is 3. The second-order valence-corrected chi connectivity index (χ2v) is 15.2. The van der Waals surface area contributed by atoms with Crippen molar-refractivity contribution in [1.82, 2.24) is 0 Å². The lowest BCUT2D eigenvalue weighted by Gasteiger charge is -2.24. The molecule has 9 rings (SSSR count). The van der Waals surface area contributed by atoms with E-state index in [1.54, 1.807) is 29.2 Å². The molecular weight excluding hydrogens is 753 g/mol. The predicted octanol–water partition coefficient (Wildman–Crippen LogP) is 14.8. The van der Waals surface area contributed by atoms with E-state index in [0.717, 1.165) is 44.8 Å². The minimum atomic E-state index is -0.141. The lowest BCUT2D eigenvalue weighted by Crippen LogP contribution is -2.25. The molecule has 0 atom stereocenters. The van der Waals surface area contributed by atoms with Crippen molar-refractivity contribution >= 4 is 46.3 Å². The summed E-state index contributed by atoms with van der Waals surface area (Å²) in [6.07, 6.45) is 4.48. The van der Waals surface area contributed by atoms with Crippen LogP contribution in [0.15, 0.2) is 243 Å². The molecule has 9 aromatic rings. The molecule has 0 aromatic heterocycles. The highest BCUT2D eigenvalue weighted by atomic mass is 16.2. The third-order valence-electron chi connectivity index (χ3n) is 11.1. The number of carbonyl (C=O) groups excluding carboxylic acids is 1. The van der Waals surface area contributed by atoms with Crippen LogP contribution in [0.25, 0.3) is 45.6 Å². The lowest BCUT2D eigenvalue weighted by molar-refractivity contribution is 0.0999. The molecule has 1 amide bonds. The summed E-state index contributed by atoms with van der Waals surface area (Å²) in [4.78, 5) is 16.1. The van der Waals surface area contributed by atoms with E-state index in [1.807, 2.05) is 48.5 Å². The zero-order valence-electron chi connectivity index (χ0n) is 34.2. The van der Waals surface area contributed by atoms with Crippen LogP contribution in [0.4, 0.5) is 17.1 Å². The minimum absolute atomic E-state index is 0.141. The molecule has 0 spiro atoms. The number of rotatable bonds is 11. The van der Waals surface area contributed by atoms with Crippen molar-refractivity contribution in [3.8, 4) is 22.3 Å². The van der Waals surface area contributed by atoms with Crippen molar-refractivity contribution in [2.24, 2.45) is 0 Å². The van der Waals surface area contributed by atoms with E-state index in [9.17, 15) is 4.79 Å². The van der Waals surface area contributed by atoms with Gasteiger partial charge < -0.3 is 5.73 Å². The van der Waals surface area contributed by atoms with Crippen LogP contribution in [0.2, 0.25) is 0 Å². The molecule has 0 aliphatic carbocycles. The normalized spacial score (nSPS) is 10.7. The first-order valence-corrected chi connectivity index (χ1v) is 20.8. The molecule has 3 nitrogen and oxygen atoms in total. The molecule has 296 valence electrons. The van der Waals surface area contributed by atoms with Crippen LogP contribution in [0.1, 0.15) is 43.7 Å². The lowest BCUT2D eigenvalue weighted by atomic mass is 9.95. The second kappa shape index (κ2) is 18.3. The van der Waals surface area contributed by atoms with Crippen LogP contribution >= 0.6 is 0 Å². The van der Waals surface area contributed by atoms with Crippen molar-refractivity contribution in [3.05, 3.63) is 282 Å². The Morgan fingerprint density at radius 1 is 0.323 bits per heavy atom. The second-order valence-electron chi connectivity index (χ2n) is 15.2. The fourth-order valence-corrected chi connectivity index (χ4v) is 7.76. The Morgan fingerprint density at radius 3 is 0.919 bits per heavy atom. The zero-order valence-corrected chi connectivity index (χ0v) is 34.2. The van der Waals surface area contributed by atoms with E-state index in [-0.39, 0.29) is 5.91 Å². The Hall–Kier alpha value is -8.27. The predicted molar refractivity (Wildman–Crippen MR) is 261 cm³/mol. The van der Waals surface area contributed by atoms with Crippen molar-refractivity contribution in [2.45, 2.75) is 0 Å². The highest BCUT2D eigenvalue weighted by Gasteiger charge is 2.20. The number of nitrogen functional groups attached to an aromatic ring is 1. The summed E-state index contributed by atoms with van der Waals surface area (Å²) in [5.74, 6) is -0.141. The molecule has 9 aromatic carbocycles. The first-order valence-electron chi connectivity index (χ1n) is 20.8. The Bertz CT molecular complexity index is 2680. The summed E-state index contributed by atoms with van der Waals surface area (Å²) in [7, 11) is 0. The van der Waals surface area contributed by atoms with Crippen LogP contribution < -0.4 is 10.6 Å². The minimum Gasteiger partial charge on any atom is -0.399 e. The summed E-state index contributed by atoms with van der Waals surface area (Å²) in [6.45, 7) is 0. The summed E-state index contributed by atoms with van der Waals surface area (Å²) in [6, 6.07) is 82.7. The van der Waals surface area contributed by atoms with Gasteiger partial charge in [0.2, 0.25) is 0 Å². The van der Waals surface area contributed by atoms with Gasteiger partial charge in [-0.1, -0.05) is 194 Å². The third kappa shape index (κ3) is 8.98. The molecule has 0 aliphatic rings. The van der Waals surface area contributed by atoms with E-state index >= 15 is 0 Å². The highest BCUT2D eigenvalue weighted by Crippen LogP contribution is 2.34. The molecule has 2 N–H and O–H groups in total. The third-order valence-corrected chi connectivity index (χ3v) is 11.1. The van der Waals surface area contributed by atoms with Gasteiger partial charge in [0.1, 0.15) is 0 Å². The molecule has 0 radical (unpaired) electrons. The molecule has 0 fully saturated rings. The van der Waals surface area contributed by atoms with Gasteiger partial charge in [0.15, 0.2) is 0 Å². The number of amides is 1. The number of hydrogen-bond donors (Lipinski definition) is 1. The van der Waals surface area contributed by atoms with Gasteiger partial charge in [-0.05, 0) is 127 Å². The van der Waals surface area contributed by atoms with E-state index in [1.165, 1.54) is 33.4 Å². The van der Waals surface area contributed by atoms with E-state index in [2.05, 4.69) is 182 Å². The first kappa shape index (κ1) is 39.2. The Labute approximate surface area is 364 Å². The Morgan fingerprint density at radius 2 is 0.613 bits per heavy atom. The fraction of sp³-hybridized carbons (Fsp3) is 0. The van der Waals surface area contributed by atoms with Gasteiger partial charge in [-0.25, -0.2) is 0 Å². The van der Waals surface area contributed by atoms with Gasteiger partial charge in [0.25, 0.3) is 5.91 Å². The van der Waals surface area contributed by atoms with Crippen molar-refractivity contribution < 1.29 is 4.79 Å². The molecule has 0 bridgehead atoms. The molecule has 0 saturated carbocycles. The van der Waals surface area contributed by atoms with Gasteiger partial charge in [-0.15, -0.1) is 0 Å². The number of nitrogens with two attached hydrogens (primary N) is 1. The smallest absolute Gasteiger partial charge is 0.262 e. The maximum Gasteiger partial charge on any atom is 0.262 e. The van der Waals surface area contributed by atoms with Crippen molar-refractivity contribution in [2.75, 3.05) is 10.6 Å². The highest BCUT2D eigenvalue weighted by molar-refractivity contribution is 6.11. The SMILES string of the molecule is Nc1ccc(C(=O)N(c2ccc(-c3ccc(C=C(c4ccccc4)c4ccccc4)cc3)cc2)c2ccc(-c3ccc(C=C(c4ccccc4)c4ccccc4)cc3)cc2)cc1. The summed E-state index contributed by atoms with van der Waals surface area (Å²) < 4.78 is 0. The van der Waals surface area contributed by atoms with Crippen LogP contribution in [0.5, 0.6) is 0 Å². The van der Waals surface area contributed by atoms with Crippen LogP contribution in [-0.4, -0.2) is 5.91 Å². The van der Waals surface area contributed by atoms with E-state index in [0.29, 0.717) is 11.3 Å². The van der Waals surface area contributed by atoms with Crippen LogP contribution in [0.3, 0.4) is 0 Å². The van der Waals surface area contributed by atoms with Crippen LogP contribution in [-0.2, 0) is 0 Å². The quantitative estimate of drug-likeness (QED) is 0.105. The van der Waals surface area contributed by atoms with Gasteiger partial charge >= 0.3 is 0 Å². The number of carbonyl (C=O) groups is 1. The molecule has 0 heterocycles. The Kier molecular flexibility index (Phi) is 11.6.